The zero-order valence-corrected chi connectivity index (χ0v) is 18.3. The molecular weight excluding hydrogens is 436 g/mol. The molecular formula is C26H23F2N5O. The van der Waals surface area contributed by atoms with Crippen LogP contribution in [0.5, 0.6) is 0 Å². The van der Waals surface area contributed by atoms with E-state index in [1.54, 1.807) is 18.5 Å². The highest BCUT2D eigenvalue weighted by atomic mass is 19.1. The second-order valence-electron chi connectivity index (χ2n) is 8.42. The summed E-state index contributed by atoms with van der Waals surface area (Å²) in [5.41, 5.74) is 10.9. The number of aromatic nitrogens is 2. The molecule has 0 spiro atoms. The van der Waals surface area contributed by atoms with Gasteiger partial charge in [0.05, 0.1) is 23.1 Å². The topological polar surface area (TPSA) is 87.6 Å². The average molecular weight is 460 g/mol. The summed E-state index contributed by atoms with van der Waals surface area (Å²) in [7, 11) is 0. The van der Waals surface area contributed by atoms with Crippen molar-refractivity contribution in [3.63, 3.8) is 0 Å². The first-order valence-corrected chi connectivity index (χ1v) is 11.1. The van der Waals surface area contributed by atoms with Crippen LogP contribution in [-0.2, 0) is 0 Å². The van der Waals surface area contributed by atoms with Crippen LogP contribution >= 0.6 is 0 Å². The van der Waals surface area contributed by atoms with E-state index in [2.05, 4.69) is 20.0 Å². The Labute approximate surface area is 195 Å². The Bertz CT molecular complexity index is 1360. The van der Waals surface area contributed by atoms with E-state index < -0.39 is 11.6 Å². The zero-order valence-electron chi connectivity index (χ0n) is 18.3. The highest BCUT2D eigenvalue weighted by Gasteiger charge is 2.23. The Hall–Kier alpha value is -3.91. The first-order chi connectivity index (χ1) is 16.5. The third-order valence-electron chi connectivity index (χ3n) is 6.18. The summed E-state index contributed by atoms with van der Waals surface area (Å²) in [5.74, 6) is -1.28. The Balaban J connectivity index is 1.75. The van der Waals surface area contributed by atoms with Gasteiger partial charge in [-0.2, -0.15) is 0 Å². The molecule has 1 aliphatic heterocycles. The second kappa shape index (κ2) is 9.15. The van der Waals surface area contributed by atoms with Crippen molar-refractivity contribution < 1.29 is 14.0 Å². The Morgan fingerprint density at radius 1 is 1.00 bits per heavy atom. The summed E-state index contributed by atoms with van der Waals surface area (Å²) in [6, 6.07) is 13.0. The fourth-order valence-corrected chi connectivity index (χ4v) is 4.54. The molecule has 0 bridgehead atoms. The molecule has 0 unspecified atom stereocenters. The lowest BCUT2D eigenvalue weighted by molar-refractivity contribution is 0.322. The van der Waals surface area contributed by atoms with Crippen LogP contribution < -0.4 is 10.6 Å². The largest absolute Gasteiger partial charge is 0.411 e. The van der Waals surface area contributed by atoms with Crippen LogP contribution in [0.4, 0.5) is 14.5 Å². The smallest absolute Gasteiger partial charge is 0.126 e. The van der Waals surface area contributed by atoms with Crippen LogP contribution in [0.1, 0.15) is 18.4 Å². The molecule has 0 aliphatic carbocycles. The van der Waals surface area contributed by atoms with Crippen molar-refractivity contribution >= 4 is 22.8 Å². The molecule has 2 aromatic heterocycles. The number of benzene rings is 2. The van der Waals surface area contributed by atoms with E-state index in [0.717, 1.165) is 54.2 Å². The van der Waals surface area contributed by atoms with Gasteiger partial charge in [0.1, 0.15) is 11.6 Å². The molecule has 34 heavy (non-hydrogen) atoms. The number of anilines is 1. The summed E-state index contributed by atoms with van der Waals surface area (Å²) in [6.07, 6.45) is 6.31. The van der Waals surface area contributed by atoms with E-state index in [4.69, 9.17) is 10.9 Å². The lowest BCUT2D eigenvalue weighted by atomic mass is 9.96. The number of oxime groups is 1. The molecule has 1 fully saturated rings. The number of hydrogen-bond donors (Lipinski definition) is 2. The van der Waals surface area contributed by atoms with E-state index in [0.29, 0.717) is 22.4 Å². The summed E-state index contributed by atoms with van der Waals surface area (Å²) in [6.45, 7) is 1.45. The standard InChI is InChI=1S/C26H23F2N5O/c27-19-10-18(11-20(28)13-19)23-15-31-24-4-3-16(25-17(14-32-34)2-1-7-30-25)12-22(24)26(23)33-8-5-21(29)6-9-33/h1-4,7,10-15,21,34H,5-6,8-9,29H2. The predicted molar refractivity (Wildman–Crippen MR) is 129 cm³/mol. The molecule has 0 saturated carbocycles. The quantitative estimate of drug-likeness (QED) is 0.255. The fourth-order valence-electron chi connectivity index (χ4n) is 4.54. The van der Waals surface area contributed by atoms with Crippen LogP contribution in [0.15, 0.2) is 66.1 Å². The number of rotatable bonds is 4. The first-order valence-electron chi connectivity index (χ1n) is 11.1. The van der Waals surface area contributed by atoms with E-state index in [1.165, 1.54) is 18.3 Å². The van der Waals surface area contributed by atoms with E-state index >= 15 is 0 Å². The maximum absolute atomic E-state index is 14.1. The fraction of sp³-hybridized carbons (Fsp3) is 0.192. The minimum Gasteiger partial charge on any atom is -0.411 e. The first kappa shape index (κ1) is 21.9. The Morgan fingerprint density at radius 2 is 1.76 bits per heavy atom. The number of halogens is 2. The maximum Gasteiger partial charge on any atom is 0.126 e. The van der Waals surface area contributed by atoms with Crippen molar-refractivity contribution in [1.29, 1.82) is 0 Å². The van der Waals surface area contributed by atoms with Gasteiger partial charge in [-0.05, 0) is 54.8 Å². The lowest BCUT2D eigenvalue weighted by Crippen LogP contribution is -2.40. The number of piperidine rings is 1. The molecule has 4 aromatic rings. The van der Waals surface area contributed by atoms with Gasteiger partial charge >= 0.3 is 0 Å². The van der Waals surface area contributed by atoms with Crippen LogP contribution in [-0.4, -0.2) is 40.5 Å². The highest BCUT2D eigenvalue weighted by molar-refractivity contribution is 6.02. The normalized spacial score (nSPS) is 14.9. The highest BCUT2D eigenvalue weighted by Crippen LogP contribution is 2.39. The lowest BCUT2D eigenvalue weighted by Gasteiger charge is -2.34. The Morgan fingerprint density at radius 3 is 2.50 bits per heavy atom. The summed E-state index contributed by atoms with van der Waals surface area (Å²) < 4.78 is 28.2. The van der Waals surface area contributed by atoms with Crippen molar-refractivity contribution in [2.75, 3.05) is 18.0 Å². The average Bonchev–Trinajstić information content (AvgIpc) is 2.83. The monoisotopic (exact) mass is 459 g/mol. The van der Waals surface area contributed by atoms with Crippen molar-refractivity contribution in [2.24, 2.45) is 10.9 Å². The van der Waals surface area contributed by atoms with Crippen molar-refractivity contribution in [3.05, 3.63) is 78.1 Å². The zero-order chi connectivity index (χ0) is 23.7. The number of pyridine rings is 2. The molecule has 0 radical (unpaired) electrons. The molecule has 8 heteroatoms. The van der Waals surface area contributed by atoms with Gasteiger partial charge in [-0.25, -0.2) is 8.78 Å². The van der Waals surface area contributed by atoms with Crippen molar-refractivity contribution in [1.82, 2.24) is 9.97 Å². The molecule has 1 aliphatic rings. The molecule has 5 rings (SSSR count). The SMILES string of the molecule is NC1CCN(c2c(-c3cc(F)cc(F)c3)cnc3ccc(-c4ncccc4C=NO)cc23)CC1. The van der Waals surface area contributed by atoms with Gasteiger partial charge in [0.2, 0.25) is 0 Å². The minimum atomic E-state index is -0.642. The van der Waals surface area contributed by atoms with Gasteiger partial charge < -0.3 is 15.8 Å². The predicted octanol–water partition coefficient (Wildman–Crippen LogP) is 4.98. The molecule has 3 heterocycles. The summed E-state index contributed by atoms with van der Waals surface area (Å²) >= 11 is 0. The van der Waals surface area contributed by atoms with Gasteiger partial charge in [-0.15, -0.1) is 0 Å². The number of fused-ring (bicyclic) bond motifs is 1. The van der Waals surface area contributed by atoms with Crippen LogP contribution in [0.25, 0.3) is 33.3 Å². The van der Waals surface area contributed by atoms with Crippen molar-refractivity contribution in [2.45, 2.75) is 18.9 Å². The number of nitrogens with zero attached hydrogens (tertiary/aromatic N) is 4. The third kappa shape index (κ3) is 4.20. The summed E-state index contributed by atoms with van der Waals surface area (Å²) in [4.78, 5) is 11.3. The van der Waals surface area contributed by atoms with Crippen LogP contribution in [0, 0.1) is 11.6 Å². The van der Waals surface area contributed by atoms with Crippen LogP contribution in [0.2, 0.25) is 0 Å². The van der Waals surface area contributed by atoms with Gasteiger partial charge in [-0.1, -0.05) is 11.2 Å². The maximum atomic E-state index is 14.1. The van der Waals surface area contributed by atoms with Crippen LogP contribution in [0.3, 0.4) is 0 Å². The van der Waals surface area contributed by atoms with Gasteiger partial charge in [0, 0.05) is 59.7 Å². The van der Waals surface area contributed by atoms with E-state index in [-0.39, 0.29) is 6.04 Å². The Kier molecular flexibility index (Phi) is 5.90. The molecule has 2 aromatic carbocycles. The van der Waals surface area contributed by atoms with E-state index in [1.807, 2.05) is 24.3 Å². The summed E-state index contributed by atoms with van der Waals surface area (Å²) in [5, 5.41) is 13.1. The molecule has 0 amide bonds. The minimum absolute atomic E-state index is 0.129. The van der Waals surface area contributed by atoms with Gasteiger partial charge in [0.25, 0.3) is 0 Å². The third-order valence-corrected chi connectivity index (χ3v) is 6.18. The molecule has 1 saturated heterocycles. The van der Waals surface area contributed by atoms with Gasteiger partial charge in [-0.3, -0.25) is 9.97 Å². The molecule has 0 atom stereocenters. The number of hydrogen-bond acceptors (Lipinski definition) is 6. The van der Waals surface area contributed by atoms with Gasteiger partial charge in [0.15, 0.2) is 0 Å². The molecule has 172 valence electrons. The second-order valence-corrected chi connectivity index (χ2v) is 8.42. The molecule has 3 N–H and O–H groups in total. The molecule has 6 nitrogen and oxygen atoms in total. The van der Waals surface area contributed by atoms with Crippen molar-refractivity contribution in [3.8, 4) is 22.4 Å². The number of nitrogens with two attached hydrogens (primary N) is 1. The van der Waals surface area contributed by atoms with E-state index in [9.17, 15) is 8.78 Å².